The molecule has 0 atom stereocenters. The van der Waals surface area contributed by atoms with E-state index in [1.807, 2.05) is 13.0 Å². The third kappa shape index (κ3) is 3.36. The van der Waals surface area contributed by atoms with Crippen molar-refractivity contribution in [3.63, 3.8) is 0 Å². The molecule has 2 fully saturated rings. The molecule has 1 aromatic carbocycles. The van der Waals surface area contributed by atoms with Crippen molar-refractivity contribution in [2.24, 2.45) is 0 Å². The summed E-state index contributed by atoms with van der Waals surface area (Å²) in [5.41, 5.74) is 1.08. The van der Waals surface area contributed by atoms with E-state index in [2.05, 4.69) is 21.9 Å². The zero-order valence-electron chi connectivity index (χ0n) is 14.2. The van der Waals surface area contributed by atoms with Gasteiger partial charge in [-0.2, -0.15) is 0 Å². The number of aromatic nitrogens is 1. The molecular formula is C18H25N3O2S. The van der Waals surface area contributed by atoms with Crippen molar-refractivity contribution in [3.05, 3.63) is 18.2 Å². The lowest BCUT2D eigenvalue weighted by Crippen LogP contribution is -2.49. The van der Waals surface area contributed by atoms with Crippen molar-refractivity contribution in [2.75, 3.05) is 50.9 Å². The third-order valence-corrected chi connectivity index (χ3v) is 6.04. The number of hydrogen-bond donors (Lipinski definition) is 0. The van der Waals surface area contributed by atoms with Gasteiger partial charge in [-0.25, -0.2) is 4.98 Å². The van der Waals surface area contributed by atoms with Gasteiger partial charge < -0.3 is 14.4 Å². The van der Waals surface area contributed by atoms with E-state index in [0.717, 1.165) is 55.8 Å². The summed E-state index contributed by atoms with van der Waals surface area (Å²) in [5.74, 6) is 0.936. The highest BCUT2D eigenvalue weighted by atomic mass is 32.1. The summed E-state index contributed by atoms with van der Waals surface area (Å²) in [6.07, 6.45) is 2.44. The van der Waals surface area contributed by atoms with Gasteiger partial charge in [0.15, 0.2) is 5.13 Å². The molecule has 0 spiro atoms. The van der Waals surface area contributed by atoms with Crippen LogP contribution in [-0.2, 0) is 4.74 Å². The predicted octanol–water partition coefficient (Wildman–Crippen LogP) is 3.00. The number of thiazole rings is 1. The van der Waals surface area contributed by atoms with Gasteiger partial charge in [0.25, 0.3) is 0 Å². The van der Waals surface area contributed by atoms with Crippen LogP contribution in [0.15, 0.2) is 18.2 Å². The van der Waals surface area contributed by atoms with Gasteiger partial charge in [0.05, 0.1) is 30.0 Å². The van der Waals surface area contributed by atoms with Crippen molar-refractivity contribution in [1.29, 1.82) is 0 Å². The Labute approximate surface area is 147 Å². The van der Waals surface area contributed by atoms with Gasteiger partial charge in [-0.05, 0) is 38.0 Å². The predicted molar refractivity (Wildman–Crippen MR) is 98.4 cm³/mol. The molecule has 0 unspecified atom stereocenters. The van der Waals surface area contributed by atoms with E-state index < -0.39 is 0 Å². The summed E-state index contributed by atoms with van der Waals surface area (Å²) < 4.78 is 12.3. The molecule has 2 saturated heterocycles. The molecule has 3 heterocycles. The monoisotopic (exact) mass is 347 g/mol. The molecular weight excluding hydrogens is 322 g/mol. The Morgan fingerprint density at radius 1 is 1.21 bits per heavy atom. The van der Waals surface area contributed by atoms with Gasteiger partial charge in [0.2, 0.25) is 0 Å². The molecule has 1 aromatic heterocycles. The average Bonchev–Trinajstić information content (AvgIpc) is 3.06. The number of fused-ring (bicyclic) bond motifs is 1. The number of morpholine rings is 1. The van der Waals surface area contributed by atoms with Crippen LogP contribution in [0.3, 0.4) is 0 Å². The zero-order valence-corrected chi connectivity index (χ0v) is 15.1. The van der Waals surface area contributed by atoms with Crippen molar-refractivity contribution >= 4 is 26.7 Å². The van der Waals surface area contributed by atoms with E-state index in [1.165, 1.54) is 17.5 Å². The Morgan fingerprint density at radius 3 is 2.75 bits per heavy atom. The standard InChI is InChI=1S/C18H25N3O2S/c1-2-23-15-3-4-16-17(13-15)24-18(19-16)21-7-5-14(6-8-21)20-9-11-22-12-10-20/h3-4,13-14H,2,5-12H2,1H3. The second-order valence-corrected chi connectivity index (χ2v) is 7.43. The minimum atomic E-state index is 0.701. The van der Waals surface area contributed by atoms with Crippen LogP contribution < -0.4 is 9.64 Å². The quantitative estimate of drug-likeness (QED) is 0.850. The first-order chi connectivity index (χ1) is 11.8. The lowest BCUT2D eigenvalue weighted by Gasteiger charge is -2.40. The molecule has 0 aliphatic carbocycles. The fourth-order valence-corrected chi connectivity index (χ4v) is 4.70. The highest BCUT2D eigenvalue weighted by Gasteiger charge is 2.27. The molecule has 5 nitrogen and oxygen atoms in total. The largest absolute Gasteiger partial charge is 0.494 e. The summed E-state index contributed by atoms with van der Waals surface area (Å²) in [6, 6.07) is 6.91. The maximum Gasteiger partial charge on any atom is 0.186 e. The summed E-state index contributed by atoms with van der Waals surface area (Å²) in [7, 11) is 0. The minimum absolute atomic E-state index is 0.701. The van der Waals surface area contributed by atoms with E-state index in [1.54, 1.807) is 11.3 Å². The number of anilines is 1. The molecule has 0 amide bonds. The molecule has 4 rings (SSSR count). The zero-order chi connectivity index (χ0) is 16.4. The van der Waals surface area contributed by atoms with Crippen LogP contribution in [0.2, 0.25) is 0 Å². The van der Waals surface area contributed by atoms with Crippen molar-refractivity contribution < 1.29 is 9.47 Å². The Morgan fingerprint density at radius 2 is 2.00 bits per heavy atom. The molecule has 2 aliphatic heterocycles. The molecule has 0 saturated carbocycles. The molecule has 130 valence electrons. The van der Waals surface area contributed by atoms with E-state index in [9.17, 15) is 0 Å². The molecule has 2 aromatic rings. The van der Waals surface area contributed by atoms with E-state index in [-0.39, 0.29) is 0 Å². The summed E-state index contributed by atoms with van der Waals surface area (Å²) in [5, 5.41) is 1.15. The van der Waals surface area contributed by atoms with Gasteiger partial charge in [0, 0.05) is 32.2 Å². The average molecular weight is 347 g/mol. The van der Waals surface area contributed by atoms with Crippen LogP contribution in [0.1, 0.15) is 19.8 Å². The summed E-state index contributed by atoms with van der Waals surface area (Å²) in [4.78, 5) is 9.88. The Bertz CT molecular complexity index is 676. The van der Waals surface area contributed by atoms with Gasteiger partial charge in [0.1, 0.15) is 5.75 Å². The van der Waals surface area contributed by atoms with Gasteiger partial charge in [-0.3, -0.25) is 4.90 Å². The van der Waals surface area contributed by atoms with Crippen LogP contribution in [0.25, 0.3) is 10.2 Å². The van der Waals surface area contributed by atoms with E-state index in [0.29, 0.717) is 12.6 Å². The van der Waals surface area contributed by atoms with Crippen LogP contribution in [0.4, 0.5) is 5.13 Å². The first-order valence-electron chi connectivity index (χ1n) is 8.93. The normalized spacial score (nSPS) is 20.6. The molecule has 0 radical (unpaired) electrons. The number of rotatable bonds is 4. The minimum Gasteiger partial charge on any atom is -0.494 e. The Kier molecular flexibility index (Phi) is 4.87. The van der Waals surface area contributed by atoms with Crippen molar-refractivity contribution in [3.8, 4) is 5.75 Å². The maximum atomic E-state index is 5.60. The van der Waals surface area contributed by atoms with E-state index >= 15 is 0 Å². The highest BCUT2D eigenvalue weighted by Crippen LogP contribution is 2.33. The lowest BCUT2D eigenvalue weighted by molar-refractivity contribution is 0.0115. The highest BCUT2D eigenvalue weighted by molar-refractivity contribution is 7.22. The first kappa shape index (κ1) is 16.1. The van der Waals surface area contributed by atoms with Gasteiger partial charge in [-0.15, -0.1) is 0 Å². The van der Waals surface area contributed by atoms with Crippen LogP contribution in [0, 0.1) is 0 Å². The van der Waals surface area contributed by atoms with Gasteiger partial charge in [-0.1, -0.05) is 11.3 Å². The number of benzene rings is 1. The van der Waals surface area contributed by atoms with Crippen molar-refractivity contribution in [1.82, 2.24) is 9.88 Å². The fourth-order valence-electron chi connectivity index (χ4n) is 3.65. The number of ether oxygens (including phenoxy) is 2. The molecule has 6 heteroatoms. The summed E-state index contributed by atoms with van der Waals surface area (Å²) in [6.45, 7) is 8.87. The Hall–Kier alpha value is -1.37. The van der Waals surface area contributed by atoms with Crippen LogP contribution in [-0.4, -0.2) is 61.9 Å². The second-order valence-electron chi connectivity index (χ2n) is 6.43. The first-order valence-corrected chi connectivity index (χ1v) is 9.75. The molecule has 2 aliphatic rings. The topological polar surface area (TPSA) is 37.8 Å². The second kappa shape index (κ2) is 7.25. The summed E-state index contributed by atoms with van der Waals surface area (Å²) >= 11 is 1.78. The maximum absolute atomic E-state index is 5.60. The third-order valence-electron chi connectivity index (χ3n) is 4.96. The van der Waals surface area contributed by atoms with E-state index in [4.69, 9.17) is 14.5 Å². The smallest absolute Gasteiger partial charge is 0.186 e. The fraction of sp³-hybridized carbons (Fsp3) is 0.611. The number of hydrogen-bond acceptors (Lipinski definition) is 6. The van der Waals surface area contributed by atoms with Gasteiger partial charge >= 0.3 is 0 Å². The SMILES string of the molecule is CCOc1ccc2nc(N3CCC(N4CCOCC4)CC3)sc2c1. The molecule has 24 heavy (non-hydrogen) atoms. The molecule has 0 bridgehead atoms. The van der Waals surface area contributed by atoms with Crippen LogP contribution >= 0.6 is 11.3 Å². The van der Waals surface area contributed by atoms with Crippen molar-refractivity contribution in [2.45, 2.75) is 25.8 Å². The van der Waals surface area contributed by atoms with Crippen LogP contribution in [0.5, 0.6) is 5.75 Å². The number of nitrogens with zero attached hydrogens (tertiary/aromatic N) is 3. The number of piperidine rings is 1. The lowest BCUT2D eigenvalue weighted by atomic mass is 10.0. The Balaban J connectivity index is 1.42. The molecule has 0 N–H and O–H groups in total.